The third-order valence-corrected chi connectivity index (χ3v) is 4.21. The summed E-state index contributed by atoms with van der Waals surface area (Å²) in [6.45, 7) is 5.87. The van der Waals surface area contributed by atoms with Gasteiger partial charge in [0.15, 0.2) is 18.3 Å². The lowest BCUT2D eigenvalue weighted by Gasteiger charge is -2.44. The van der Waals surface area contributed by atoms with Gasteiger partial charge in [0, 0.05) is 27.7 Å². The van der Waals surface area contributed by atoms with E-state index in [0.717, 1.165) is 32.5 Å². The molecule has 27 heavy (non-hydrogen) atoms. The van der Waals surface area contributed by atoms with Crippen LogP contribution in [0.4, 0.5) is 0 Å². The number of hydrogen-bond acceptors (Lipinski definition) is 11. The Bertz CT molecular complexity index is 609. The van der Waals surface area contributed by atoms with E-state index in [0.29, 0.717) is 0 Å². The third kappa shape index (κ3) is 7.55. The van der Waals surface area contributed by atoms with Crippen LogP contribution in [-0.4, -0.2) is 65.4 Å². The fraction of sp³-hybridized carbons (Fsp3) is 0.688. The molecule has 1 aliphatic heterocycles. The van der Waals surface area contributed by atoms with Crippen LogP contribution < -0.4 is 0 Å². The minimum Gasteiger partial charge on any atom is -0.463 e. The highest BCUT2D eigenvalue weighted by molar-refractivity contribution is 8.14. The molecule has 1 aliphatic rings. The van der Waals surface area contributed by atoms with Crippen molar-refractivity contribution in [3.05, 3.63) is 0 Å². The minimum atomic E-state index is -1.21. The molecule has 1 rings (SSSR count). The van der Waals surface area contributed by atoms with E-state index in [4.69, 9.17) is 29.1 Å². The molecule has 1 fully saturated rings. The highest BCUT2D eigenvalue weighted by Crippen LogP contribution is 2.34. The summed E-state index contributed by atoms with van der Waals surface area (Å²) in [4.78, 5) is 45.8. The zero-order chi connectivity index (χ0) is 20.7. The van der Waals surface area contributed by atoms with Gasteiger partial charge in [-0.2, -0.15) is 0 Å². The molecule has 0 aromatic rings. The topological polar surface area (TPSA) is 138 Å². The summed E-state index contributed by atoms with van der Waals surface area (Å²) < 4.78 is 26.5. The fourth-order valence-electron chi connectivity index (χ4n) is 2.46. The molecule has 1 saturated heterocycles. The number of esters is 4. The van der Waals surface area contributed by atoms with Crippen LogP contribution in [0.15, 0.2) is 0 Å². The van der Waals surface area contributed by atoms with Gasteiger partial charge in [-0.1, -0.05) is 11.8 Å². The lowest BCUT2D eigenvalue weighted by molar-refractivity contribution is -0.237. The Labute approximate surface area is 160 Å². The normalized spacial score (nSPS) is 27.2. The molecular weight excluding hydrogens is 382 g/mol. The van der Waals surface area contributed by atoms with E-state index in [1.165, 1.54) is 13.8 Å². The van der Waals surface area contributed by atoms with E-state index in [2.05, 4.69) is 0 Å². The van der Waals surface area contributed by atoms with Gasteiger partial charge in [0.05, 0.1) is 5.04 Å². The summed E-state index contributed by atoms with van der Waals surface area (Å²) in [6, 6.07) is 0. The summed E-state index contributed by atoms with van der Waals surface area (Å²) in [6.07, 6.45) is -4.53. The van der Waals surface area contributed by atoms with Gasteiger partial charge in [-0.25, -0.2) is 0 Å². The maximum Gasteiger partial charge on any atom is 0.303 e. The lowest BCUT2D eigenvalue weighted by Crippen LogP contribution is -2.61. The zero-order valence-electron chi connectivity index (χ0n) is 15.7. The lowest BCUT2D eigenvalue weighted by atomic mass is 9.99. The van der Waals surface area contributed by atoms with Crippen molar-refractivity contribution in [2.75, 3.05) is 6.61 Å². The first kappa shape index (κ1) is 22.9. The monoisotopic (exact) mass is 405 g/mol. The predicted octanol–water partition coefficient (Wildman–Crippen LogP) is 0.800. The molecule has 0 unspecified atom stereocenters. The van der Waals surface area contributed by atoms with Gasteiger partial charge in [0.1, 0.15) is 18.1 Å². The van der Waals surface area contributed by atoms with Crippen LogP contribution in [0.1, 0.15) is 34.6 Å². The van der Waals surface area contributed by atoms with E-state index < -0.39 is 53.7 Å². The molecule has 10 nitrogen and oxygen atoms in total. The molecule has 0 radical (unpaired) electrons. The zero-order valence-corrected chi connectivity index (χ0v) is 16.5. The Morgan fingerprint density at radius 2 is 1.30 bits per heavy atom. The molecule has 0 aromatic carbocycles. The SMILES string of the molecule is CC(=N)S[C@@H]1O[C@H](COC(C)=O)[C@@H](OC(C)=O)[C@H](OC(C)=O)[C@H]1OC(C)=O. The van der Waals surface area contributed by atoms with Crippen molar-refractivity contribution in [3.8, 4) is 0 Å². The van der Waals surface area contributed by atoms with Crippen LogP contribution in [0.3, 0.4) is 0 Å². The van der Waals surface area contributed by atoms with Gasteiger partial charge in [0.25, 0.3) is 0 Å². The van der Waals surface area contributed by atoms with Crippen LogP contribution in [-0.2, 0) is 42.9 Å². The molecule has 5 atom stereocenters. The Morgan fingerprint density at radius 3 is 1.74 bits per heavy atom. The molecule has 0 spiro atoms. The summed E-state index contributed by atoms with van der Waals surface area (Å²) in [5.41, 5.74) is -0.942. The molecule has 0 aliphatic carbocycles. The summed E-state index contributed by atoms with van der Waals surface area (Å²) in [5, 5.41) is 7.82. The number of thioether (sulfide) groups is 1. The second-order valence-corrected chi connectivity index (χ2v) is 7.05. The van der Waals surface area contributed by atoms with Gasteiger partial charge in [-0.15, -0.1) is 0 Å². The molecule has 1 N–H and O–H groups in total. The molecule has 0 saturated carbocycles. The van der Waals surface area contributed by atoms with Crippen molar-refractivity contribution < 1.29 is 42.9 Å². The van der Waals surface area contributed by atoms with Crippen molar-refractivity contribution in [2.24, 2.45) is 0 Å². The number of rotatable bonds is 6. The molecular formula is C16H23NO9S. The van der Waals surface area contributed by atoms with Crippen LogP contribution in [0.5, 0.6) is 0 Å². The van der Waals surface area contributed by atoms with Gasteiger partial charge in [0.2, 0.25) is 0 Å². The van der Waals surface area contributed by atoms with Crippen molar-refractivity contribution in [1.82, 2.24) is 0 Å². The van der Waals surface area contributed by atoms with Crippen LogP contribution >= 0.6 is 11.8 Å². The van der Waals surface area contributed by atoms with Crippen LogP contribution in [0.2, 0.25) is 0 Å². The van der Waals surface area contributed by atoms with E-state index >= 15 is 0 Å². The maximum atomic E-state index is 11.6. The molecule has 152 valence electrons. The van der Waals surface area contributed by atoms with Crippen LogP contribution in [0, 0.1) is 5.41 Å². The quantitative estimate of drug-likeness (QED) is 0.292. The van der Waals surface area contributed by atoms with Crippen molar-refractivity contribution in [3.63, 3.8) is 0 Å². The van der Waals surface area contributed by atoms with Crippen LogP contribution in [0.25, 0.3) is 0 Å². The van der Waals surface area contributed by atoms with E-state index in [1.54, 1.807) is 0 Å². The number of carbonyl (C=O) groups excluding carboxylic acids is 4. The van der Waals surface area contributed by atoms with E-state index in [-0.39, 0.29) is 11.7 Å². The van der Waals surface area contributed by atoms with Crippen molar-refractivity contribution >= 4 is 40.7 Å². The average Bonchev–Trinajstić information content (AvgIpc) is 2.49. The summed E-state index contributed by atoms with van der Waals surface area (Å²) >= 11 is 0.927. The third-order valence-electron chi connectivity index (χ3n) is 3.24. The largest absolute Gasteiger partial charge is 0.463 e. The molecule has 0 amide bonds. The molecule has 0 aromatic heterocycles. The number of carbonyl (C=O) groups is 4. The first-order valence-corrected chi connectivity index (χ1v) is 8.91. The standard InChI is InChI=1S/C16H23NO9S/c1-7(17)27-16-15(25-11(5)21)14(24-10(4)20)13(23-9(3)19)12(26-16)6-22-8(2)18/h12-17H,6H2,1-5H3/t12-,13-,14+,15-,16+/m1/s1. The number of hydrogen-bond donors (Lipinski definition) is 1. The smallest absolute Gasteiger partial charge is 0.303 e. The highest BCUT2D eigenvalue weighted by Gasteiger charge is 2.52. The maximum absolute atomic E-state index is 11.6. The Morgan fingerprint density at radius 1 is 0.815 bits per heavy atom. The van der Waals surface area contributed by atoms with E-state index in [1.807, 2.05) is 0 Å². The average molecular weight is 405 g/mol. The van der Waals surface area contributed by atoms with Gasteiger partial charge >= 0.3 is 23.9 Å². The molecule has 11 heteroatoms. The highest BCUT2D eigenvalue weighted by atomic mass is 32.2. The second kappa shape index (κ2) is 10.3. The minimum absolute atomic E-state index is 0.149. The Hall–Kier alpha value is -2.14. The van der Waals surface area contributed by atoms with Gasteiger partial charge < -0.3 is 23.7 Å². The van der Waals surface area contributed by atoms with Gasteiger partial charge in [-0.3, -0.25) is 24.6 Å². The fourth-order valence-corrected chi connectivity index (χ4v) is 3.35. The second-order valence-electron chi connectivity index (χ2n) is 5.74. The van der Waals surface area contributed by atoms with Crippen molar-refractivity contribution in [1.29, 1.82) is 5.41 Å². The molecule has 0 bridgehead atoms. The molecule has 1 heterocycles. The number of ether oxygens (including phenoxy) is 5. The van der Waals surface area contributed by atoms with E-state index in [9.17, 15) is 19.2 Å². The summed E-state index contributed by atoms with van der Waals surface area (Å²) in [7, 11) is 0. The predicted molar refractivity (Wildman–Crippen MR) is 92.9 cm³/mol. The Kier molecular flexibility index (Phi) is 8.70. The number of nitrogens with one attached hydrogen (secondary N) is 1. The first-order valence-electron chi connectivity index (χ1n) is 8.03. The Balaban J connectivity index is 3.29. The summed E-state index contributed by atoms with van der Waals surface area (Å²) in [5.74, 6) is -2.64. The first-order chi connectivity index (χ1) is 12.5. The van der Waals surface area contributed by atoms with Gasteiger partial charge in [-0.05, 0) is 6.92 Å². The van der Waals surface area contributed by atoms with Crippen molar-refractivity contribution in [2.45, 2.75) is 64.5 Å².